The van der Waals surface area contributed by atoms with Crippen LogP contribution in [0, 0.1) is 7.14 Å². The molecule has 0 spiro atoms. The van der Waals surface area contributed by atoms with Gasteiger partial charge in [-0.2, -0.15) is 74.3 Å². The Labute approximate surface area is 209 Å². The van der Waals surface area contributed by atoms with Gasteiger partial charge in [0, 0.05) is 0 Å². The van der Waals surface area contributed by atoms with E-state index >= 15 is 0 Å². The summed E-state index contributed by atoms with van der Waals surface area (Å²) in [6.07, 6.45) is -17.4. The Kier molecular flexibility index (Phi) is 8.40. The zero-order valence-electron chi connectivity index (χ0n) is 17.3. The van der Waals surface area contributed by atoms with Crippen LogP contribution in [0.2, 0.25) is 0 Å². The first-order valence-corrected chi connectivity index (χ1v) is 13.4. The topological polar surface area (TPSA) is 43.4 Å². The molecule has 0 aliphatic heterocycles. The highest BCUT2D eigenvalue weighted by atomic mass is 127. The molecule has 0 saturated heterocycles. The molecule has 3 nitrogen and oxygen atoms in total. The summed E-state index contributed by atoms with van der Waals surface area (Å²) in [4.78, 5) is 0. The summed E-state index contributed by atoms with van der Waals surface area (Å²) < 4.78 is 222. The quantitative estimate of drug-likeness (QED) is 0.321. The maximum absolute atomic E-state index is 14.1. The van der Waals surface area contributed by atoms with E-state index in [-0.39, 0.29) is 24.3 Å². The Morgan fingerprint density at radius 1 is 0.526 bits per heavy atom. The molecule has 2 rings (SSSR count). The van der Waals surface area contributed by atoms with E-state index in [1.165, 1.54) is 0 Å². The van der Waals surface area contributed by atoms with Crippen LogP contribution in [0.4, 0.5) is 65.9 Å². The Balaban J connectivity index is 2.66. The lowest BCUT2D eigenvalue weighted by Gasteiger charge is -2.31. The summed E-state index contributed by atoms with van der Waals surface area (Å²) >= 11 is -4.89. The van der Waals surface area contributed by atoms with Crippen molar-refractivity contribution in [2.45, 2.75) is 35.6 Å². The van der Waals surface area contributed by atoms with Crippen molar-refractivity contribution < 1.29 is 97.0 Å². The van der Waals surface area contributed by atoms with Crippen LogP contribution in [0.25, 0.3) is 0 Å². The van der Waals surface area contributed by atoms with Crippen LogP contribution in [0.1, 0.15) is 11.1 Å². The minimum absolute atomic E-state index is 0.213. The van der Waals surface area contributed by atoms with E-state index in [2.05, 4.69) is 2.51 Å². The lowest BCUT2D eigenvalue weighted by molar-refractivity contribution is -1.03. The summed E-state index contributed by atoms with van der Waals surface area (Å²) in [5, 5.41) is -7.29. The minimum atomic E-state index is -7.67. The van der Waals surface area contributed by atoms with Gasteiger partial charge >= 0.3 is 66.0 Å². The smallest absolute Gasteiger partial charge is 0.191 e. The van der Waals surface area contributed by atoms with E-state index in [1.807, 2.05) is 0 Å². The van der Waals surface area contributed by atoms with Crippen LogP contribution in [-0.2, 0) is 25.0 Å². The Bertz CT molecular complexity index is 1170. The van der Waals surface area contributed by atoms with Crippen molar-refractivity contribution in [3.8, 4) is 0 Å². The molecule has 2 aromatic carbocycles. The lowest BCUT2D eigenvalue weighted by Crippen LogP contribution is -3.85. The fourth-order valence-electron chi connectivity index (χ4n) is 2.35. The highest BCUT2D eigenvalue weighted by Gasteiger charge is 2.86. The molecule has 0 bridgehead atoms. The van der Waals surface area contributed by atoms with E-state index in [9.17, 15) is 74.3 Å². The van der Waals surface area contributed by atoms with Gasteiger partial charge in [-0.25, -0.2) is 0 Å². The monoisotopic (exact) mass is 716 g/mol. The van der Waals surface area contributed by atoms with Gasteiger partial charge in [0.25, 0.3) is 0 Å². The molecule has 0 aliphatic rings. The van der Waals surface area contributed by atoms with Gasteiger partial charge in [-0.3, -0.25) is 0 Å². The summed E-state index contributed by atoms with van der Waals surface area (Å²) in [5.74, 6) is -15.3. The molecule has 38 heavy (non-hydrogen) atoms. The third-order valence-corrected chi connectivity index (χ3v) is 11.7. The number of alkyl halides is 15. The molecular formula is C18H8F15IO3S+. The standard InChI is InChI=1S/C18H8F15IO3S/c19-13(20,21)9-1-5-11(6-2-9)34(12-7-3-10(4-8-12)14(22,23)24)37-38(35,36)18(32,33)16(27,28)15(25,26)17(29,30)31/h1-8H/q+1. The molecular weight excluding hydrogens is 708 g/mol. The van der Waals surface area contributed by atoms with E-state index in [0.717, 1.165) is 0 Å². The molecule has 0 atom stereocenters. The molecule has 20 heteroatoms. The van der Waals surface area contributed by atoms with Gasteiger partial charge < -0.3 is 0 Å². The Morgan fingerprint density at radius 2 is 0.842 bits per heavy atom. The van der Waals surface area contributed by atoms with E-state index < -0.39 is 84.2 Å². The number of benzene rings is 2. The third-order valence-electron chi connectivity index (χ3n) is 4.32. The van der Waals surface area contributed by atoms with Crippen molar-refractivity contribution in [2.75, 3.05) is 0 Å². The second-order valence-corrected chi connectivity index (χ2v) is 13.5. The van der Waals surface area contributed by atoms with Crippen molar-refractivity contribution in [1.82, 2.24) is 0 Å². The van der Waals surface area contributed by atoms with Crippen LogP contribution in [0.15, 0.2) is 48.5 Å². The van der Waals surface area contributed by atoms with Crippen LogP contribution in [0.5, 0.6) is 0 Å². The molecule has 215 valence electrons. The van der Waals surface area contributed by atoms with E-state index in [1.54, 1.807) is 0 Å². The fourth-order valence-corrected chi connectivity index (χ4v) is 9.27. The van der Waals surface area contributed by atoms with Gasteiger partial charge in [-0.1, -0.05) is 0 Å². The molecule has 0 N–H and O–H groups in total. The molecule has 0 amide bonds. The molecule has 0 saturated carbocycles. The van der Waals surface area contributed by atoms with Gasteiger partial charge in [-0.05, 0) is 51.0 Å². The first kappa shape index (κ1) is 32.2. The van der Waals surface area contributed by atoms with Crippen molar-refractivity contribution in [2.24, 2.45) is 0 Å². The predicted molar refractivity (Wildman–Crippen MR) is 91.2 cm³/mol. The van der Waals surface area contributed by atoms with Crippen molar-refractivity contribution in [3.05, 3.63) is 66.8 Å². The summed E-state index contributed by atoms with van der Waals surface area (Å²) in [7, 11) is -7.47. The van der Waals surface area contributed by atoms with Crippen LogP contribution < -0.4 is 20.2 Å². The first-order chi connectivity index (χ1) is 16.8. The molecule has 0 heterocycles. The van der Waals surface area contributed by atoms with Crippen LogP contribution in [-0.4, -0.2) is 31.7 Å². The van der Waals surface area contributed by atoms with Gasteiger partial charge in [0.2, 0.25) is 0 Å². The highest BCUT2D eigenvalue weighted by molar-refractivity contribution is 7.87. The number of halogens is 16. The van der Waals surface area contributed by atoms with Crippen molar-refractivity contribution >= 4 is 10.1 Å². The molecule has 0 aromatic heterocycles. The van der Waals surface area contributed by atoms with Gasteiger partial charge in [0.1, 0.15) is 0 Å². The summed E-state index contributed by atoms with van der Waals surface area (Å²) in [5.41, 5.74) is -2.84. The molecule has 0 fully saturated rings. The average Bonchev–Trinajstić information content (AvgIpc) is 2.75. The highest BCUT2D eigenvalue weighted by Crippen LogP contribution is 2.54. The Morgan fingerprint density at radius 3 is 1.11 bits per heavy atom. The predicted octanol–water partition coefficient (Wildman–Crippen LogP) is 4.08. The first-order valence-electron chi connectivity index (χ1n) is 8.96. The SMILES string of the molecule is O=S(=O)(O[I+](c1ccc(C(F)(F)F)cc1)c1ccc(C(F)(F)F)cc1)C(F)(F)C(F)(F)C(F)(F)C(F)(F)F. The average molecular weight is 716 g/mol. The summed E-state index contributed by atoms with van der Waals surface area (Å²) in [6, 6.07) is 2.36. The van der Waals surface area contributed by atoms with Gasteiger partial charge in [0.05, 0.1) is 11.1 Å². The maximum atomic E-state index is 14.1. The van der Waals surface area contributed by atoms with Crippen LogP contribution >= 0.6 is 0 Å². The minimum Gasteiger partial charge on any atom is -0.191 e. The zero-order valence-corrected chi connectivity index (χ0v) is 20.3. The Hall–Kier alpha value is -1.97. The number of rotatable bonds is 7. The number of hydrogen-bond acceptors (Lipinski definition) is 3. The summed E-state index contributed by atoms with van der Waals surface area (Å²) in [6.45, 7) is 0. The fraction of sp³-hybridized carbons (Fsp3) is 0.333. The molecule has 2 aromatic rings. The second kappa shape index (κ2) is 9.89. The van der Waals surface area contributed by atoms with E-state index in [4.69, 9.17) is 0 Å². The third kappa shape index (κ3) is 5.94. The van der Waals surface area contributed by atoms with Crippen molar-refractivity contribution in [3.63, 3.8) is 0 Å². The largest absolute Gasteiger partial charge is 0.460 e. The molecule has 1 radical (unpaired) electrons. The maximum Gasteiger partial charge on any atom is 0.460 e. The second-order valence-electron chi connectivity index (χ2n) is 6.94. The molecule has 0 unspecified atom stereocenters. The zero-order chi connectivity index (χ0) is 29.8. The molecule has 0 aliphatic carbocycles. The van der Waals surface area contributed by atoms with E-state index in [0.29, 0.717) is 24.3 Å². The van der Waals surface area contributed by atoms with Gasteiger partial charge in [-0.15, -0.1) is 0 Å². The van der Waals surface area contributed by atoms with Crippen LogP contribution in [0.3, 0.4) is 0 Å². The lowest BCUT2D eigenvalue weighted by atomic mass is 10.1. The normalized spacial score (nSPS) is 14.7. The number of hydrogen-bond donors (Lipinski definition) is 0. The van der Waals surface area contributed by atoms with Crippen molar-refractivity contribution in [1.29, 1.82) is 0 Å². The van der Waals surface area contributed by atoms with Gasteiger partial charge in [0.15, 0.2) is 7.14 Å².